The van der Waals surface area contributed by atoms with Crippen molar-refractivity contribution in [3.63, 3.8) is 0 Å². The molecule has 1 unspecified atom stereocenters. The molecular formula is C43H37N. The minimum Gasteiger partial charge on any atom is -0.398 e. The second-order valence-corrected chi connectivity index (χ2v) is 11.3. The van der Waals surface area contributed by atoms with Crippen LogP contribution in [-0.4, -0.2) is 0 Å². The number of para-hydroxylation sites is 1. The summed E-state index contributed by atoms with van der Waals surface area (Å²) >= 11 is 0. The third kappa shape index (κ3) is 5.53. The van der Waals surface area contributed by atoms with E-state index in [2.05, 4.69) is 140 Å². The second-order valence-electron chi connectivity index (χ2n) is 11.3. The number of nitrogen functional groups attached to an aromatic ring is 1. The van der Waals surface area contributed by atoms with E-state index in [1.807, 2.05) is 24.3 Å². The summed E-state index contributed by atoms with van der Waals surface area (Å²) in [5.74, 6) is 0. The second kappa shape index (κ2) is 12.9. The van der Waals surface area contributed by atoms with E-state index in [0.717, 1.165) is 40.8 Å². The number of nitrogens with two attached hydrogens (primary N) is 1. The van der Waals surface area contributed by atoms with Crippen molar-refractivity contribution in [2.45, 2.75) is 18.3 Å². The van der Waals surface area contributed by atoms with Gasteiger partial charge in [-0.05, 0) is 74.6 Å². The van der Waals surface area contributed by atoms with Crippen molar-refractivity contribution in [1.29, 1.82) is 0 Å². The van der Waals surface area contributed by atoms with E-state index in [9.17, 15) is 0 Å². The third-order valence-corrected chi connectivity index (χ3v) is 8.57. The Balaban J connectivity index is 1.72. The molecule has 2 N–H and O–H groups in total. The lowest BCUT2D eigenvalue weighted by atomic mass is 9.62. The van der Waals surface area contributed by atoms with Crippen molar-refractivity contribution in [2.24, 2.45) is 0 Å². The highest BCUT2D eigenvalue weighted by atomic mass is 14.6. The maximum atomic E-state index is 6.95. The summed E-state index contributed by atoms with van der Waals surface area (Å²) in [6.45, 7) is 8.67. The highest BCUT2D eigenvalue weighted by Crippen LogP contribution is 2.51. The van der Waals surface area contributed by atoms with Gasteiger partial charge in [0.2, 0.25) is 0 Å². The summed E-state index contributed by atoms with van der Waals surface area (Å²) in [6.07, 6.45) is 16.0. The lowest BCUT2D eigenvalue weighted by Crippen LogP contribution is -2.34. The fraction of sp³-hybridized carbons (Fsp3) is 0.0698. The first kappa shape index (κ1) is 28.7. The molecule has 5 aromatic carbocycles. The van der Waals surface area contributed by atoms with Gasteiger partial charge >= 0.3 is 0 Å². The molecule has 0 aliphatic heterocycles. The summed E-state index contributed by atoms with van der Waals surface area (Å²) in [5.41, 5.74) is 18.7. The Bertz CT molecular complexity index is 1900. The maximum absolute atomic E-state index is 6.95. The SMILES string of the molecule is C=C/C=C\C=C/c1ccccc1C1(c2ccccc2N)C(=C)/C=C\c2ccccc2Cc2ccc(Cc3ccccc3)cc21. The van der Waals surface area contributed by atoms with Crippen LogP contribution in [0.15, 0.2) is 170 Å². The Morgan fingerprint density at radius 3 is 2.18 bits per heavy atom. The number of hydrogen-bond acceptors (Lipinski definition) is 1. The van der Waals surface area contributed by atoms with Gasteiger partial charge in [0.05, 0.1) is 5.41 Å². The van der Waals surface area contributed by atoms with Crippen LogP contribution in [0.2, 0.25) is 0 Å². The number of fused-ring (bicyclic) bond motifs is 2. The summed E-state index contributed by atoms with van der Waals surface area (Å²) in [7, 11) is 0. The molecule has 5 aromatic rings. The van der Waals surface area contributed by atoms with E-state index in [1.165, 1.54) is 33.4 Å². The molecule has 1 atom stereocenters. The van der Waals surface area contributed by atoms with Crippen LogP contribution in [0.25, 0.3) is 12.2 Å². The van der Waals surface area contributed by atoms with Crippen molar-refractivity contribution >= 4 is 17.8 Å². The van der Waals surface area contributed by atoms with E-state index in [-0.39, 0.29) is 0 Å². The molecule has 1 aliphatic rings. The standard InChI is InChI=1S/C43H37N/c1-3-4-5-9-19-36-20-12-13-22-39(36)43(40-23-14-15-24-42(40)44)32(2)25-27-35-18-10-11-21-37(35)31-38-28-26-34(30-41(38)43)29-33-16-7-6-8-17-33/h3-28,30H,1-2,29,31,44H2/b5-4-,19-9-,27-25-. The maximum Gasteiger partial charge on any atom is 0.0724 e. The Labute approximate surface area is 261 Å². The van der Waals surface area contributed by atoms with E-state index >= 15 is 0 Å². The fourth-order valence-electron chi connectivity index (χ4n) is 6.53. The molecule has 0 saturated heterocycles. The zero-order chi connectivity index (χ0) is 30.4. The number of allylic oxidation sites excluding steroid dienone is 6. The van der Waals surface area contributed by atoms with Crippen LogP contribution >= 0.6 is 0 Å². The van der Waals surface area contributed by atoms with Gasteiger partial charge < -0.3 is 5.73 Å². The Morgan fingerprint density at radius 1 is 0.636 bits per heavy atom. The summed E-state index contributed by atoms with van der Waals surface area (Å²) in [5, 5.41) is 0. The van der Waals surface area contributed by atoms with Crippen molar-refractivity contribution in [3.05, 3.63) is 221 Å². The van der Waals surface area contributed by atoms with Crippen LogP contribution in [0, 0.1) is 0 Å². The van der Waals surface area contributed by atoms with E-state index in [1.54, 1.807) is 6.08 Å². The lowest BCUT2D eigenvalue weighted by molar-refractivity contribution is 0.736. The van der Waals surface area contributed by atoms with Gasteiger partial charge in [0, 0.05) is 5.69 Å². The van der Waals surface area contributed by atoms with Crippen LogP contribution in [0.3, 0.4) is 0 Å². The average Bonchev–Trinajstić information content (AvgIpc) is 3.10. The van der Waals surface area contributed by atoms with Gasteiger partial charge in [-0.2, -0.15) is 0 Å². The normalized spacial score (nSPS) is 17.0. The quantitative estimate of drug-likeness (QED) is 0.154. The van der Waals surface area contributed by atoms with Crippen molar-refractivity contribution in [3.8, 4) is 0 Å². The van der Waals surface area contributed by atoms with Gasteiger partial charge in [0.25, 0.3) is 0 Å². The molecule has 0 bridgehead atoms. The average molecular weight is 568 g/mol. The van der Waals surface area contributed by atoms with Gasteiger partial charge in [0.1, 0.15) is 0 Å². The van der Waals surface area contributed by atoms with E-state index in [0.29, 0.717) is 0 Å². The molecule has 214 valence electrons. The molecule has 0 radical (unpaired) electrons. The van der Waals surface area contributed by atoms with Gasteiger partial charge in [-0.3, -0.25) is 0 Å². The first-order chi connectivity index (χ1) is 21.6. The van der Waals surface area contributed by atoms with Gasteiger partial charge in [-0.25, -0.2) is 0 Å². The monoisotopic (exact) mass is 567 g/mol. The van der Waals surface area contributed by atoms with Gasteiger partial charge in [-0.15, -0.1) is 0 Å². The third-order valence-electron chi connectivity index (χ3n) is 8.57. The minimum atomic E-state index is -0.755. The zero-order valence-corrected chi connectivity index (χ0v) is 25.0. The van der Waals surface area contributed by atoms with Crippen LogP contribution in [-0.2, 0) is 18.3 Å². The van der Waals surface area contributed by atoms with E-state index in [4.69, 9.17) is 12.3 Å². The highest BCUT2D eigenvalue weighted by Gasteiger charge is 2.42. The molecule has 1 nitrogen and oxygen atoms in total. The number of benzene rings is 5. The van der Waals surface area contributed by atoms with Gasteiger partial charge in [-0.1, -0.05) is 171 Å². The van der Waals surface area contributed by atoms with Crippen LogP contribution < -0.4 is 5.73 Å². The molecule has 0 amide bonds. The lowest BCUT2D eigenvalue weighted by Gasteiger charge is -2.40. The number of hydrogen-bond donors (Lipinski definition) is 1. The Morgan fingerprint density at radius 2 is 1.36 bits per heavy atom. The molecule has 44 heavy (non-hydrogen) atoms. The largest absolute Gasteiger partial charge is 0.398 e. The Hall–Kier alpha value is -5.40. The van der Waals surface area contributed by atoms with Crippen molar-refractivity contribution < 1.29 is 0 Å². The van der Waals surface area contributed by atoms with E-state index < -0.39 is 5.41 Å². The Kier molecular flexibility index (Phi) is 8.39. The molecule has 0 fully saturated rings. The summed E-state index contributed by atoms with van der Waals surface area (Å²) < 4.78 is 0. The molecule has 6 rings (SSSR count). The molecular weight excluding hydrogens is 530 g/mol. The minimum absolute atomic E-state index is 0.739. The molecule has 1 aliphatic carbocycles. The van der Waals surface area contributed by atoms with Crippen LogP contribution in [0.5, 0.6) is 0 Å². The molecule has 0 spiro atoms. The zero-order valence-electron chi connectivity index (χ0n) is 25.0. The summed E-state index contributed by atoms with van der Waals surface area (Å²) in [6, 6.07) is 43.2. The highest BCUT2D eigenvalue weighted by molar-refractivity contribution is 5.75. The molecule has 1 heteroatoms. The topological polar surface area (TPSA) is 26.0 Å². The molecule has 0 aromatic heterocycles. The van der Waals surface area contributed by atoms with Crippen molar-refractivity contribution in [1.82, 2.24) is 0 Å². The first-order valence-corrected chi connectivity index (χ1v) is 15.1. The smallest absolute Gasteiger partial charge is 0.0724 e. The fourth-order valence-corrected chi connectivity index (χ4v) is 6.53. The van der Waals surface area contributed by atoms with Crippen molar-refractivity contribution in [2.75, 3.05) is 5.73 Å². The number of rotatable bonds is 7. The van der Waals surface area contributed by atoms with Gasteiger partial charge in [0.15, 0.2) is 0 Å². The predicted octanol–water partition coefficient (Wildman–Crippen LogP) is 10.1. The number of anilines is 1. The molecule has 0 saturated carbocycles. The van der Waals surface area contributed by atoms with Crippen LogP contribution in [0.1, 0.15) is 50.1 Å². The first-order valence-electron chi connectivity index (χ1n) is 15.1. The predicted molar refractivity (Wildman–Crippen MR) is 189 cm³/mol. The van der Waals surface area contributed by atoms with Crippen LogP contribution in [0.4, 0.5) is 5.69 Å². The molecule has 0 heterocycles. The summed E-state index contributed by atoms with van der Waals surface area (Å²) in [4.78, 5) is 0.